The van der Waals surface area contributed by atoms with E-state index in [1.165, 1.54) is 85.1 Å². The summed E-state index contributed by atoms with van der Waals surface area (Å²) in [5, 5.41) is 2.24. The van der Waals surface area contributed by atoms with Crippen LogP contribution in [0.25, 0.3) is 55.3 Å². The van der Waals surface area contributed by atoms with Crippen molar-refractivity contribution in [1.82, 2.24) is 0 Å². The normalized spacial score (nSPS) is 22.5. The fourth-order valence-electron chi connectivity index (χ4n) is 13.0. The van der Waals surface area contributed by atoms with Gasteiger partial charge in [-0.25, -0.2) is 0 Å². The summed E-state index contributed by atoms with van der Waals surface area (Å²) < 4.78 is 6.43. The van der Waals surface area contributed by atoms with E-state index in [0.717, 1.165) is 62.7 Å². The summed E-state index contributed by atoms with van der Waals surface area (Å²) in [6.07, 6.45) is 7.15. The van der Waals surface area contributed by atoms with Crippen LogP contribution in [0.15, 0.2) is 200 Å². The molecule has 1 aromatic heterocycles. The molecule has 6 aliphatic rings. The lowest BCUT2D eigenvalue weighted by molar-refractivity contribution is -0.0399. The van der Waals surface area contributed by atoms with Crippen LogP contribution >= 0.6 is 23.5 Å². The SMILES string of the molecule is c1ccc(-c2ccc(N(c3ccc4c(c3)Sc3cc(-c5ccc6c(c5)-c5ccccc5C65C6CC7CC(C6)CC5C7)ccc3S4)c3cccc4oc5ccccc5c34)cc2)cc1. The summed E-state index contributed by atoms with van der Waals surface area (Å²) in [5.41, 5.74) is 16.6. The molecule has 0 saturated heterocycles. The molecule has 0 unspecified atom stereocenters. The van der Waals surface area contributed by atoms with Gasteiger partial charge in [0.25, 0.3) is 0 Å². The fraction of sp³-hybridized carbons (Fsp3) is 0.172. The first kappa shape index (κ1) is 35.6. The Morgan fingerprint density at radius 3 is 1.89 bits per heavy atom. The number of anilines is 3. The molecule has 4 bridgehead atoms. The van der Waals surface area contributed by atoms with Crippen LogP contribution in [0.1, 0.15) is 43.2 Å². The molecule has 0 atom stereocenters. The molecule has 0 radical (unpaired) electrons. The Balaban J connectivity index is 0.845. The molecule has 4 fully saturated rings. The summed E-state index contributed by atoms with van der Waals surface area (Å²) in [5.74, 6) is 3.47. The Bertz CT molecular complexity index is 3250. The van der Waals surface area contributed by atoms with Gasteiger partial charge in [0.05, 0.1) is 11.1 Å². The Morgan fingerprint density at radius 2 is 1.05 bits per heavy atom. The van der Waals surface area contributed by atoms with Crippen LogP contribution in [-0.2, 0) is 5.41 Å². The Labute approximate surface area is 371 Å². The van der Waals surface area contributed by atoms with Crippen molar-refractivity contribution < 1.29 is 4.42 Å². The van der Waals surface area contributed by atoms with Gasteiger partial charge in [0, 0.05) is 41.8 Å². The topological polar surface area (TPSA) is 16.4 Å². The lowest BCUT2D eigenvalue weighted by Crippen LogP contribution is -2.55. The van der Waals surface area contributed by atoms with Gasteiger partial charge in [0.2, 0.25) is 0 Å². The second-order valence-corrected chi connectivity index (χ2v) is 20.6. The van der Waals surface area contributed by atoms with E-state index in [-0.39, 0.29) is 5.41 Å². The number of hydrogen-bond acceptors (Lipinski definition) is 4. The zero-order chi connectivity index (χ0) is 40.5. The summed E-state index contributed by atoms with van der Waals surface area (Å²) in [4.78, 5) is 7.62. The van der Waals surface area contributed by atoms with E-state index in [1.54, 1.807) is 11.1 Å². The van der Waals surface area contributed by atoms with E-state index in [9.17, 15) is 0 Å². The molecular weight excluding hydrogens is 791 g/mol. The first-order valence-corrected chi connectivity index (χ1v) is 24.0. The lowest BCUT2D eigenvalue weighted by Gasteiger charge is -2.61. The molecule has 0 N–H and O–H groups in total. The number of para-hydroxylation sites is 1. The van der Waals surface area contributed by atoms with Gasteiger partial charge in [0.1, 0.15) is 11.2 Å². The highest BCUT2D eigenvalue weighted by molar-refractivity contribution is 8.05. The van der Waals surface area contributed by atoms with E-state index < -0.39 is 0 Å². The van der Waals surface area contributed by atoms with Gasteiger partial charge in [-0.15, -0.1) is 0 Å². The molecule has 62 heavy (non-hydrogen) atoms. The third-order valence-corrected chi connectivity index (χ3v) is 17.8. The van der Waals surface area contributed by atoms with E-state index >= 15 is 0 Å². The maximum absolute atomic E-state index is 6.43. The molecule has 1 aliphatic heterocycles. The van der Waals surface area contributed by atoms with Crippen LogP contribution in [0.5, 0.6) is 0 Å². The molecule has 15 rings (SSSR count). The predicted molar refractivity (Wildman–Crippen MR) is 257 cm³/mol. The van der Waals surface area contributed by atoms with Gasteiger partial charge in [-0.3, -0.25) is 0 Å². The number of rotatable bonds is 5. The van der Waals surface area contributed by atoms with Gasteiger partial charge in [-0.05, 0) is 167 Å². The average molecular weight is 834 g/mol. The van der Waals surface area contributed by atoms with Crippen LogP contribution in [0.2, 0.25) is 0 Å². The molecule has 4 heteroatoms. The van der Waals surface area contributed by atoms with Gasteiger partial charge in [-0.2, -0.15) is 0 Å². The second-order valence-electron chi connectivity index (χ2n) is 18.5. The van der Waals surface area contributed by atoms with Crippen molar-refractivity contribution in [3.05, 3.63) is 187 Å². The van der Waals surface area contributed by atoms with Gasteiger partial charge in [0.15, 0.2) is 0 Å². The molecule has 8 aromatic carbocycles. The minimum atomic E-state index is 0.204. The number of benzene rings is 8. The van der Waals surface area contributed by atoms with Crippen molar-refractivity contribution in [2.75, 3.05) is 4.90 Å². The van der Waals surface area contributed by atoms with Crippen LogP contribution < -0.4 is 4.90 Å². The third-order valence-electron chi connectivity index (χ3n) is 15.3. The van der Waals surface area contributed by atoms with Crippen molar-refractivity contribution in [1.29, 1.82) is 0 Å². The van der Waals surface area contributed by atoms with Crippen LogP contribution in [-0.4, -0.2) is 0 Å². The fourth-order valence-corrected chi connectivity index (χ4v) is 15.3. The van der Waals surface area contributed by atoms with E-state index in [4.69, 9.17) is 4.42 Å². The van der Waals surface area contributed by atoms with E-state index in [1.807, 2.05) is 29.6 Å². The van der Waals surface area contributed by atoms with Gasteiger partial charge >= 0.3 is 0 Å². The lowest BCUT2D eigenvalue weighted by atomic mass is 9.43. The maximum atomic E-state index is 6.43. The molecule has 9 aromatic rings. The largest absolute Gasteiger partial charge is 0.456 e. The van der Waals surface area contributed by atoms with Crippen LogP contribution in [0.4, 0.5) is 17.1 Å². The van der Waals surface area contributed by atoms with Crippen molar-refractivity contribution >= 4 is 62.5 Å². The Hall–Kier alpha value is -5.94. The smallest absolute Gasteiger partial charge is 0.137 e. The standard InChI is InChI=1S/C58H43NOS2/c1-2-9-37(10-3-1)38-17-21-43(22-18-38)59(50-14-8-16-52-57(50)46-12-5-7-15-51(46)60-52)44-23-26-54-56(34-44)62-55-33-40(20-25-53(55)61-54)39-19-24-49-47(32-39)45-11-4-6-13-48(45)58(49)41-28-35-27-36(30-41)31-42(58)29-35/h1-26,32-36,41-42H,27-31H2. The third kappa shape index (κ3) is 5.20. The molecule has 298 valence electrons. The average Bonchev–Trinajstić information content (AvgIpc) is 3.84. The molecule has 2 heterocycles. The number of hydrogen-bond donors (Lipinski definition) is 0. The Morgan fingerprint density at radius 1 is 0.435 bits per heavy atom. The van der Waals surface area contributed by atoms with Gasteiger partial charge < -0.3 is 9.32 Å². The number of nitrogens with zero attached hydrogens (tertiary/aromatic N) is 1. The highest BCUT2D eigenvalue weighted by Gasteiger charge is 2.61. The molecule has 0 amide bonds. The highest BCUT2D eigenvalue weighted by atomic mass is 32.2. The molecule has 4 saturated carbocycles. The predicted octanol–water partition coefficient (Wildman–Crippen LogP) is 16.7. The van der Waals surface area contributed by atoms with Crippen molar-refractivity contribution in [3.63, 3.8) is 0 Å². The number of fused-ring (bicyclic) bond motifs is 8. The molecular formula is C58H43NOS2. The first-order chi connectivity index (χ1) is 30.7. The summed E-state index contributed by atoms with van der Waals surface area (Å²) in [7, 11) is 0. The summed E-state index contributed by atoms with van der Waals surface area (Å²) >= 11 is 3.79. The van der Waals surface area contributed by atoms with Crippen molar-refractivity contribution in [2.45, 2.75) is 57.1 Å². The molecule has 1 spiro atoms. The number of furan rings is 1. The van der Waals surface area contributed by atoms with Crippen molar-refractivity contribution in [3.8, 4) is 33.4 Å². The summed E-state index contributed by atoms with van der Waals surface area (Å²) in [6.45, 7) is 0. The second kappa shape index (κ2) is 13.5. The van der Waals surface area contributed by atoms with Crippen LogP contribution in [0, 0.1) is 23.7 Å². The van der Waals surface area contributed by atoms with Crippen LogP contribution in [0.3, 0.4) is 0 Å². The molecule has 5 aliphatic carbocycles. The highest BCUT2D eigenvalue weighted by Crippen LogP contribution is 2.69. The first-order valence-electron chi connectivity index (χ1n) is 22.4. The zero-order valence-electron chi connectivity index (χ0n) is 34.3. The van der Waals surface area contributed by atoms with Gasteiger partial charge in [-0.1, -0.05) is 133 Å². The minimum Gasteiger partial charge on any atom is -0.456 e. The maximum Gasteiger partial charge on any atom is 0.137 e. The quantitative estimate of drug-likeness (QED) is 0.172. The van der Waals surface area contributed by atoms with E-state index in [2.05, 4.69) is 175 Å². The monoisotopic (exact) mass is 833 g/mol. The minimum absolute atomic E-state index is 0.204. The summed E-state index contributed by atoms with van der Waals surface area (Å²) in [6, 6.07) is 65.6. The Kier molecular flexibility index (Phi) is 7.78. The molecule has 2 nitrogen and oxygen atoms in total. The van der Waals surface area contributed by atoms with Crippen molar-refractivity contribution in [2.24, 2.45) is 23.7 Å². The van der Waals surface area contributed by atoms with E-state index in [0.29, 0.717) is 0 Å². The zero-order valence-corrected chi connectivity index (χ0v) is 35.9.